The fourth-order valence-electron chi connectivity index (χ4n) is 4.18. The van der Waals surface area contributed by atoms with Crippen LogP contribution < -0.4 is 15.4 Å². The Morgan fingerprint density at radius 3 is 2.41 bits per heavy atom. The highest BCUT2D eigenvalue weighted by molar-refractivity contribution is 6.04. The van der Waals surface area contributed by atoms with Crippen LogP contribution in [-0.2, 0) is 11.3 Å². The van der Waals surface area contributed by atoms with E-state index in [1.807, 2.05) is 84.3 Å². The van der Waals surface area contributed by atoms with E-state index >= 15 is 0 Å². The molecular weight excluding hydrogens is 464 g/mol. The second kappa shape index (κ2) is 10.4. The normalized spacial score (nSPS) is 10.8. The number of aryl methyl sites for hydroxylation is 1. The third kappa shape index (κ3) is 5.21. The van der Waals surface area contributed by atoms with Crippen LogP contribution in [0.3, 0.4) is 0 Å². The Morgan fingerprint density at radius 1 is 0.865 bits per heavy atom. The minimum atomic E-state index is -0.231. The van der Waals surface area contributed by atoms with Crippen molar-refractivity contribution in [3.8, 4) is 17.1 Å². The van der Waals surface area contributed by atoms with Crippen LogP contribution in [0.2, 0.25) is 0 Å². The van der Waals surface area contributed by atoms with Crippen molar-refractivity contribution in [1.82, 2.24) is 9.55 Å². The van der Waals surface area contributed by atoms with Crippen molar-refractivity contribution in [2.75, 3.05) is 17.7 Å². The van der Waals surface area contributed by atoms with Crippen LogP contribution >= 0.6 is 0 Å². The lowest BCUT2D eigenvalue weighted by Crippen LogP contribution is -2.19. The van der Waals surface area contributed by atoms with Gasteiger partial charge in [-0.25, -0.2) is 4.98 Å². The molecule has 7 heteroatoms. The number of aromatic nitrogens is 2. The number of ether oxygens (including phenoxy) is 1. The zero-order valence-electron chi connectivity index (χ0n) is 20.6. The highest BCUT2D eigenvalue weighted by atomic mass is 16.5. The van der Waals surface area contributed by atoms with Crippen molar-refractivity contribution in [3.63, 3.8) is 0 Å². The van der Waals surface area contributed by atoms with Crippen LogP contribution in [0.1, 0.15) is 15.9 Å². The van der Waals surface area contributed by atoms with E-state index in [1.54, 1.807) is 31.4 Å². The summed E-state index contributed by atoms with van der Waals surface area (Å²) < 4.78 is 7.12. The van der Waals surface area contributed by atoms with Crippen molar-refractivity contribution in [1.29, 1.82) is 0 Å². The van der Waals surface area contributed by atoms with E-state index < -0.39 is 0 Å². The van der Waals surface area contributed by atoms with Gasteiger partial charge in [-0.05, 0) is 55.0 Å². The first-order valence-electron chi connectivity index (χ1n) is 11.9. The Labute approximate surface area is 214 Å². The number of nitrogens with one attached hydrogen (secondary N) is 2. The van der Waals surface area contributed by atoms with Crippen LogP contribution in [0.25, 0.3) is 22.4 Å². The third-order valence-corrected chi connectivity index (χ3v) is 6.11. The van der Waals surface area contributed by atoms with Crippen molar-refractivity contribution in [2.24, 2.45) is 0 Å². The molecule has 1 aromatic heterocycles. The Balaban J connectivity index is 1.40. The smallest absolute Gasteiger partial charge is 0.255 e. The van der Waals surface area contributed by atoms with Crippen molar-refractivity contribution < 1.29 is 14.3 Å². The van der Waals surface area contributed by atoms with Gasteiger partial charge in [0, 0.05) is 28.6 Å². The minimum absolute atomic E-state index is 0.0995. The molecule has 4 aromatic carbocycles. The number of hydrogen-bond acceptors (Lipinski definition) is 4. The molecule has 0 saturated heterocycles. The molecule has 0 bridgehead atoms. The van der Waals surface area contributed by atoms with Gasteiger partial charge in [0.1, 0.15) is 18.1 Å². The zero-order chi connectivity index (χ0) is 25.8. The molecule has 0 aliphatic carbocycles. The van der Waals surface area contributed by atoms with Crippen LogP contribution in [0.5, 0.6) is 5.75 Å². The maximum absolute atomic E-state index is 13.0. The molecule has 37 heavy (non-hydrogen) atoms. The first-order chi connectivity index (χ1) is 18.0. The summed E-state index contributed by atoms with van der Waals surface area (Å²) in [6.45, 7) is 2.06. The third-order valence-electron chi connectivity index (χ3n) is 6.11. The number of carbonyl (C=O) groups excluding carboxylic acids is 2. The fraction of sp³-hybridized carbons (Fsp3) is 0.100. The van der Waals surface area contributed by atoms with Gasteiger partial charge in [-0.1, -0.05) is 48.5 Å². The van der Waals surface area contributed by atoms with E-state index in [4.69, 9.17) is 9.72 Å². The first kappa shape index (κ1) is 23.8. The van der Waals surface area contributed by atoms with E-state index in [-0.39, 0.29) is 18.4 Å². The number of anilines is 2. The first-order valence-corrected chi connectivity index (χ1v) is 11.9. The van der Waals surface area contributed by atoms with Gasteiger partial charge >= 0.3 is 0 Å². The molecule has 1 heterocycles. The molecule has 5 aromatic rings. The number of para-hydroxylation sites is 3. The topological polar surface area (TPSA) is 85.2 Å². The summed E-state index contributed by atoms with van der Waals surface area (Å²) in [5.41, 5.74) is 5.39. The summed E-state index contributed by atoms with van der Waals surface area (Å²) in [5, 5.41) is 5.88. The lowest BCUT2D eigenvalue weighted by Gasteiger charge is -2.12. The largest absolute Gasteiger partial charge is 0.497 e. The quantitative estimate of drug-likeness (QED) is 0.297. The number of rotatable bonds is 7. The molecule has 0 atom stereocenters. The fourth-order valence-corrected chi connectivity index (χ4v) is 4.18. The number of benzene rings is 4. The van der Waals surface area contributed by atoms with Crippen molar-refractivity contribution >= 4 is 34.2 Å². The lowest BCUT2D eigenvalue weighted by atomic mass is 10.1. The number of nitrogens with zero attached hydrogens (tertiary/aromatic N) is 2. The van der Waals surface area contributed by atoms with Gasteiger partial charge in [0.15, 0.2) is 0 Å². The summed E-state index contributed by atoms with van der Waals surface area (Å²) in [4.78, 5) is 30.6. The monoisotopic (exact) mass is 490 g/mol. The van der Waals surface area contributed by atoms with Gasteiger partial charge in [-0.2, -0.15) is 0 Å². The number of carbonyl (C=O) groups is 2. The summed E-state index contributed by atoms with van der Waals surface area (Å²) in [5.74, 6) is 0.943. The maximum atomic E-state index is 13.0. The second-order valence-corrected chi connectivity index (χ2v) is 8.64. The molecule has 2 N–H and O–H groups in total. The molecule has 5 rings (SSSR count). The average molecular weight is 491 g/mol. The van der Waals surface area contributed by atoms with Crippen LogP contribution in [0.15, 0.2) is 97.1 Å². The van der Waals surface area contributed by atoms with Gasteiger partial charge in [-0.3, -0.25) is 9.59 Å². The molecular formula is C30H26N4O3. The van der Waals surface area contributed by atoms with Crippen molar-refractivity contribution in [2.45, 2.75) is 13.5 Å². The van der Waals surface area contributed by atoms with Crippen LogP contribution in [0.4, 0.5) is 11.4 Å². The van der Waals surface area contributed by atoms with E-state index in [1.165, 1.54) is 0 Å². The number of amides is 2. The van der Waals surface area contributed by atoms with Gasteiger partial charge in [0.25, 0.3) is 5.91 Å². The second-order valence-electron chi connectivity index (χ2n) is 8.64. The average Bonchev–Trinajstić information content (AvgIpc) is 3.28. The number of imidazole rings is 1. The molecule has 0 radical (unpaired) electrons. The highest BCUT2D eigenvalue weighted by Gasteiger charge is 2.16. The molecule has 184 valence electrons. The lowest BCUT2D eigenvalue weighted by molar-refractivity contribution is -0.116. The number of fused-ring (bicyclic) bond motifs is 1. The summed E-state index contributed by atoms with van der Waals surface area (Å²) in [6.07, 6.45) is 0. The Bertz CT molecular complexity index is 1590. The van der Waals surface area contributed by atoms with Gasteiger partial charge in [0.05, 0.1) is 18.1 Å². The summed E-state index contributed by atoms with van der Waals surface area (Å²) in [7, 11) is 1.58. The van der Waals surface area contributed by atoms with Gasteiger partial charge in [0.2, 0.25) is 5.91 Å². The van der Waals surface area contributed by atoms with Crippen LogP contribution in [0, 0.1) is 6.92 Å². The maximum Gasteiger partial charge on any atom is 0.255 e. The molecule has 0 aliphatic rings. The molecule has 7 nitrogen and oxygen atoms in total. The predicted molar refractivity (Wildman–Crippen MR) is 146 cm³/mol. The Morgan fingerprint density at radius 2 is 1.62 bits per heavy atom. The molecule has 0 spiro atoms. The molecule has 0 fully saturated rings. The molecule has 0 aliphatic heterocycles. The SMILES string of the molecule is COc1cccc(NC(=O)c2ccc(-c3nc4ccccc4n3CC(=O)Nc3ccccc3C)cc2)c1. The summed E-state index contributed by atoms with van der Waals surface area (Å²) >= 11 is 0. The van der Waals surface area contributed by atoms with Crippen molar-refractivity contribution in [3.05, 3.63) is 108 Å². The Hall–Kier alpha value is -4.91. The van der Waals surface area contributed by atoms with E-state index in [0.29, 0.717) is 22.8 Å². The van der Waals surface area contributed by atoms with E-state index in [2.05, 4.69) is 10.6 Å². The number of methoxy groups -OCH3 is 1. The number of hydrogen-bond donors (Lipinski definition) is 2. The standard InChI is InChI=1S/C30H26N4O3/c1-20-8-3-4-11-25(20)32-28(35)19-34-27-13-6-5-12-26(27)33-29(34)21-14-16-22(17-15-21)30(36)31-23-9-7-10-24(18-23)37-2/h3-18H,19H2,1-2H3,(H,31,36)(H,32,35). The molecule has 0 unspecified atom stereocenters. The van der Waals surface area contributed by atoms with Crippen LogP contribution in [-0.4, -0.2) is 28.5 Å². The highest BCUT2D eigenvalue weighted by Crippen LogP contribution is 2.26. The minimum Gasteiger partial charge on any atom is -0.497 e. The molecule has 0 saturated carbocycles. The van der Waals surface area contributed by atoms with E-state index in [9.17, 15) is 9.59 Å². The predicted octanol–water partition coefficient (Wildman–Crippen LogP) is 5.91. The summed E-state index contributed by atoms with van der Waals surface area (Å²) in [6, 6.07) is 29.8. The zero-order valence-corrected chi connectivity index (χ0v) is 20.6. The van der Waals surface area contributed by atoms with E-state index in [0.717, 1.165) is 27.8 Å². The van der Waals surface area contributed by atoms with Gasteiger partial charge in [-0.15, -0.1) is 0 Å². The van der Waals surface area contributed by atoms with Gasteiger partial charge < -0.3 is 19.9 Å². The molecule has 2 amide bonds. The Kier molecular flexibility index (Phi) is 6.68.